The van der Waals surface area contributed by atoms with E-state index in [2.05, 4.69) is 12.2 Å². The molecular weight excluding hydrogens is 248 g/mol. The Hall–Kier alpha value is -1.22. The van der Waals surface area contributed by atoms with Crippen LogP contribution in [0.2, 0.25) is 5.02 Å². The zero-order chi connectivity index (χ0) is 13.5. The highest BCUT2D eigenvalue weighted by Gasteiger charge is 2.10. The molecule has 3 nitrogen and oxygen atoms in total. The molecule has 0 aliphatic rings. The lowest BCUT2D eigenvalue weighted by Crippen LogP contribution is -2.32. The smallest absolute Gasteiger partial charge is 0.251 e. The number of carbonyl (C=O) groups excluding carboxylic acids is 1. The number of amides is 1. The van der Waals surface area contributed by atoms with E-state index in [1.54, 1.807) is 18.2 Å². The second-order valence-electron chi connectivity index (χ2n) is 4.61. The average molecular weight is 269 g/mol. The Labute approximate surface area is 114 Å². The number of nitrogen functional groups attached to an aromatic ring is 1. The summed E-state index contributed by atoms with van der Waals surface area (Å²) in [5.41, 5.74) is 6.66. The molecule has 0 aliphatic heterocycles. The zero-order valence-corrected chi connectivity index (χ0v) is 11.8. The van der Waals surface area contributed by atoms with E-state index in [1.165, 1.54) is 12.8 Å². The van der Waals surface area contributed by atoms with E-state index in [0.717, 1.165) is 12.8 Å². The third kappa shape index (κ3) is 4.57. The summed E-state index contributed by atoms with van der Waals surface area (Å²) in [7, 11) is 0. The lowest BCUT2D eigenvalue weighted by Gasteiger charge is -2.14. The lowest BCUT2D eigenvalue weighted by molar-refractivity contribution is 0.0938. The van der Waals surface area contributed by atoms with Gasteiger partial charge in [-0.2, -0.15) is 0 Å². The minimum atomic E-state index is -0.0950. The molecule has 1 unspecified atom stereocenters. The SMILES string of the molecule is CCCCCC(C)NC(=O)c1ccc(Cl)c(N)c1. The number of unbranched alkanes of at least 4 members (excludes halogenated alkanes) is 2. The number of hydrogen-bond acceptors (Lipinski definition) is 2. The van der Waals surface area contributed by atoms with Crippen LogP contribution in [-0.4, -0.2) is 11.9 Å². The molecule has 1 aromatic carbocycles. The Morgan fingerprint density at radius 3 is 2.78 bits per heavy atom. The van der Waals surface area contributed by atoms with Crippen LogP contribution in [0, 0.1) is 0 Å². The number of nitrogens with one attached hydrogen (secondary N) is 1. The number of rotatable bonds is 6. The maximum absolute atomic E-state index is 11.9. The zero-order valence-electron chi connectivity index (χ0n) is 11.0. The second kappa shape index (κ2) is 7.27. The highest BCUT2D eigenvalue weighted by Crippen LogP contribution is 2.19. The maximum Gasteiger partial charge on any atom is 0.251 e. The average Bonchev–Trinajstić information content (AvgIpc) is 2.33. The van der Waals surface area contributed by atoms with Gasteiger partial charge in [0.2, 0.25) is 0 Å². The Morgan fingerprint density at radius 1 is 1.44 bits per heavy atom. The van der Waals surface area contributed by atoms with E-state index in [9.17, 15) is 4.79 Å². The Morgan fingerprint density at radius 2 is 2.17 bits per heavy atom. The first-order valence-corrected chi connectivity index (χ1v) is 6.78. The molecule has 1 amide bonds. The minimum absolute atomic E-state index is 0.0950. The second-order valence-corrected chi connectivity index (χ2v) is 5.01. The summed E-state index contributed by atoms with van der Waals surface area (Å²) in [6.45, 7) is 4.19. The van der Waals surface area contributed by atoms with E-state index in [4.69, 9.17) is 17.3 Å². The predicted octanol–water partition coefficient (Wildman–Crippen LogP) is 3.62. The van der Waals surface area contributed by atoms with Crippen LogP contribution in [0.1, 0.15) is 49.9 Å². The van der Waals surface area contributed by atoms with Gasteiger partial charge in [-0.05, 0) is 31.5 Å². The Kier molecular flexibility index (Phi) is 5.99. The van der Waals surface area contributed by atoms with Crippen molar-refractivity contribution in [3.8, 4) is 0 Å². The van der Waals surface area contributed by atoms with Crippen molar-refractivity contribution < 1.29 is 4.79 Å². The summed E-state index contributed by atoms with van der Waals surface area (Å²) in [5, 5.41) is 3.44. The number of halogens is 1. The van der Waals surface area contributed by atoms with Gasteiger partial charge in [0.05, 0.1) is 10.7 Å². The van der Waals surface area contributed by atoms with Gasteiger partial charge in [0.25, 0.3) is 5.91 Å². The molecule has 0 saturated carbocycles. The van der Waals surface area contributed by atoms with E-state index in [0.29, 0.717) is 16.3 Å². The van der Waals surface area contributed by atoms with Crippen molar-refractivity contribution in [3.05, 3.63) is 28.8 Å². The molecule has 3 N–H and O–H groups in total. The molecule has 1 atom stereocenters. The van der Waals surface area contributed by atoms with Gasteiger partial charge in [-0.3, -0.25) is 4.79 Å². The molecule has 0 bridgehead atoms. The van der Waals surface area contributed by atoms with Gasteiger partial charge in [0, 0.05) is 11.6 Å². The third-order valence-corrected chi connectivity index (χ3v) is 3.22. The van der Waals surface area contributed by atoms with Crippen molar-refractivity contribution in [3.63, 3.8) is 0 Å². The molecule has 4 heteroatoms. The summed E-state index contributed by atoms with van der Waals surface area (Å²) in [4.78, 5) is 11.9. The number of carbonyl (C=O) groups is 1. The summed E-state index contributed by atoms with van der Waals surface area (Å²) in [5.74, 6) is -0.0950. The van der Waals surface area contributed by atoms with Crippen molar-refractivity contribution in [2.24, 2.45) is 0 Å². The van der Waals surface area contributed by atoms with Crippen LogP contribution in [0.25, 0.3) is 0 Å². The molecule has 1 rings (SSSR count). The summed E-state index contributed by atoms with van der Waals surface area (Å²) in [6, 6.07) is 5.12. The van der Waals surface area contributed by atoms with Crippen LogP contribution in [0.5, 0.6) is 0 Å². The third-order valence-electron chi connectivity index (χ3n) is 2.88. The monoisotopic (exact) mass is 268 g/mol. The first-order chi connectivity index (χ1) is 8.54. The standard InChI is InChI=1S/C14H21ClN2O/c1-3-4-5-6-10(2)17-14(18)11-7-8-12(15)13(16)9-11/h7-10H,3-6,16H2,1-2H3,(H,17,18). The minimum Gasteiger partial charge on any atom is -0.398 e. The van der Waals surface area contributed by atoms with Crippen LogP contribution >= 0.6 is 11.6 Å². The predicted molar refractivity (Wildman–Crippen MR) is 76.9 cm³/mol. The van der Waals surface area contributed by atoms with Crippen molar-refractivity contribution in [1.29, 1.82) is 0 Å². The van der Waals surface area contributed by atoms with Gasteiger partial charge in [-0.1, -0.05) is 37.8 Å². The topological polar surface area (TPSA) is 55.1 Å². The van der Waals surface area contributed by atoms with E-state index in [1.807, 2.05) is 6.92 Å². The molecular formula is C14H21ClN2O. The molecule has 18 heavy (non-hydrogen) atoms. The maximum atomic E-state index is 11.9. The van der Waals surface area contributed by atoms with E-state index < -0.39 is 0 Å². The van der Waals surface area contributed by atoms with Crippen molar-refractivity contribution in [2.45, 2.75) is 45.6 Å². The molecule has 0 radical (unpaired) electrons. The van der Waals surface area contributed by atoms with Gasteiger partial charge >= 0.3 is 0 Å². The highest BCUT2D eigenvalue weighted by atomic mass is 35.5. The fourth-order valence-corrected chi connectivity index (χ4v) is 1.88. The van der Waals surface area contributed by atoms with Crippen LogP contribution < -0.4 is 11.1 Å². The van der Waals surface area contributed by atoms with Gasteiger partial charge in [0.1, 0.15) is 0 Å². The summed E-state index contributed by atoms with van der Waals surface area (Å²) in [6.07, 6.45) is 4.53. The molecule has 0 aliphatic carbocycles. The van der Waals surface area contributed by atoms with Crippen molar-refractivity contribution in [1.82, 2.24) is 5.32 Å². The van der Waals surface area contributed by atoms with Crippen molar-refractivity contribution in [2.75, 3.05) is 5.73 Å². The molecule has 0 fully saturated rings. The highest BCUT2D eigenvalue weighted by molar-refractivity contribution is 6.33. The number of hydrogen-bond donors (Lipinski definition) is 2. The molecule has 0 heterocycles. The number of anilines is 1. The van der Waals surface area contributed by atoms with E-state index in [-0.39, 0.29) is 11.9 Å². The molecule has 100 valence electrons. The van der Waals surface area contributed by atoms with Crippen LogP contribution in [0.15, 0.2) is 18.2 Å². The number of nitrogens with two attached hydrogens (primary N) is 1. The van der Waals surface area contributed by atoms with Gasteiger partial charge < -0.3 is 11.1 Å². The Balaban J connectivity index is 2.51. The first-order valence-electron chi connectivity index (χ1n) is 6.40. The summed E-state index contributed by atoms with van der Waals surface area (Å²) < 4.78 is 0. The molecule has 1 aromatic rings. The fourth-order valence-electron chi connectivity index (χ4n) is 1.76. The molecule has 0 saturated heterocycles. The van der Waals surface area contributed by atoms with Gasteiger partial charge in [-0.15, -0.1) is 0 Å². The first kappa shape index (κ1) is 14.8. The van der Waals surface area contributed by atoms with Crippen molar-refractivity contribution >= 4 is 23.2 Å². The summed E-state index contributed by atoms with van der Waals surface area (Å²) >= 11 is 5.82. The van der Waals surface area contributed by atoms with Crippen LogP contribution in [0.3, 0.4) is 0 Å². The normalized spacial score (nSPS) is 12.2. The van der Waals surface area contributed by atoms with Gasteiger partial charge in [-0.25, -0.2) is 0 Å². The lowest BCUT2D eigenvalue weighted by atomic mass is 10.1. The number of benzene rings is 1. The quantitative estimate of drug-likeness (QED) is 0.612. The van der Waals surface area contributed by atoms with E-state index >= 15 is 0 Å². The Bertz CT molecular complexity index is 407. The molecule has 0 aromatic heterocycles. The molecule has 0 spiro atoms. The van der Waals surface area contributed by atoms with Gasteiger partial charge in [0.15, 0.2) is 0 Å². The largest absolute Gasteiger partial charge is 0.398 e. The fraction of sp³-hybridized carbons (Fsp3) is 0.500. The van der Waals surface area contributed by atoms with Crippen LogP contribution in [-0.2, 0) is 0 Å². The van der Waals surface area contributed by atoms with Crippen LogP contribution in [0.4, 0.5) is 5.69 Å².